The third-order valence-corrected chi connectivity index (χ3v) is 5.43. The quantitative estimate of drug-likeness (QED) is 0.462. The average Bonchev–Trinajstić information content (AvgIpc) is 2.73. The average molecular weight is 429 g/mol. The molecule has 7 heteroatoms. The number of hydrogen-bond donors (Lipinski definition) is 2. The molecule has 0 spiro atoms. The second kappa shape index (κ2) is 9.89. The number of fused-ring (bicyclic) bond motifs is 1. The number of aromatic hydroxyl groups is 1. The fourth-order valence-electron chi connectivity index (χ4n) is 3.84. The minimum absolute atomic E-state index is 0. The first-order valence-electron chi connectivity index (χ1n) is 9.89. The molecule has 0 amide bonds. The Hall–Kier alpha value is -2.67. The third kappa shape index (κ3) is 5.08. The maximum Gasteiger partial charge on any atom is 0.347 e. The van der Waals surface area contributed by atoms with E-state index in [4.69, 9.17) is 4.42 Å². The van der Waals surface area contributed by atoms with Crippen LogP contribution in [0.2, 0.25) is 0 Å². The molecule has 1 saturated heterocycles. The van der Waals surface area contributed by atoms with E-state index in [0.717, 1.165) is 26.2 Å². The Morgan fingerprint density at radius 1 is 1.17 bits per heavy atom. The van der Waals surface area contributed by atoms with Gasteiger partial charge >= 0.3 is 5.63 Å². The van der Waals surface area contributed by atoms with E-state index in [1.807, 2.05) is 18.2 Å². The predicted molar refractivity (Wildman–Crippen MR) is 118 cm³/mol. The number of carbonyl (C=O) groups excluding carboxylic acids is 1. The van der Waals surface area contributed by atoms with Crippen LogP contribution in [0.5, 0.6) is 5.75 Å². The lowest BCUT2D eigenvalue weighted by atomic mass is 10.0. The van der Waals surface area contributed by atoms with Gasteiger partial charge < -0.3 is 14.8 Å². The molecule has 0 aliphatic carbocycles. The van der Waals surface area contributed by atoms with Gasteiger partial charge in [-0.2, -0.15) is 0 Å². The maximum absolute atomic E-state index is 12.7. The number of nitrogens with zero attached hydrogens (tertiary/aromatic N) is 1. The smallest absolute Gasteiger partial charge is 0.347 e. The summed E-state index contributed by atoms with van der Waals surface area (Å²) in [7, 11) is 0. The van der Waals surface area contributed by atoms with Crippen molar-refractivity contribution in [2.45, 2.75) is 25.4 Å². The number of phenols is 1. The molecular formula is C23H25ClN2O4. The van der Waals surface area contributed by atoms with Crippen molar-refractivity contribution >= 4 is 29.2 Å². The number of piperazine rings is 1. The van der Waals surface area contributed by atoms with Crippen LogP contribution in [-0.4, -0.2) is 41.5 Å². The number of phenolic OH excluding ortho intramolecular Hbond substituents is 1. The zero-order valence-electron chi connectivity index (χ0n) is 16.5. The van der Waals surface area contributed by atoms with Crippen molar-refractivity contribution in [3.8, 4) is 5.75 Å². The van der Waals surface area contributed by atoms with Crippen LogP contribution in [0, 0.1) is 0 Å². The molecule has 0 radical (unpaired) electrons. The Morgan fingerprint density at radius 3 is 2.77 bits per heavy atom. The van der Waals surface area contributed by atoms with Crippen molar-refractivity contribution in [2.24, 2.45) is 0 Å². The van der Waals surface area contributed by atoms with Gasteiger partial charge in [0.15, 0.2) is 5.78 Å². The van der Waals surface area contributed by atoms with Gasteiger partial charge in [0.2, 0.25) is 0 Å². The highest BCUT2D eigenvalue weighted by Crippen LogP contribution is 2.21. The second-order valence-corrected chi connectivity index (χ2v) is 7.45. The Kier molecular flexibility index (Phi) is 7.26. The Morgan fingerprint density at radius 2 is 1.97 bits per heavy atom. The van der Waals surface area contributed by atoms with E-state index in [2.05, 4.69) is 22.3 Å². The van der Waals surface area contributed by atoms with E-state index in [1.54, 1.807) is 12.1 Å². The van der Waals surface area contributed by atoms with Crippen molar-refractivity contribution in [1.82, 2.24) is 10.2 Å². The zero-order chi connectivity index (χ0) is 20.2. The van der Waals surface area contributed by atoms with Crippen LogP contribution in [0.1, 0.15) is 28.8 Å². The number of hydrogen-bond acceptors (Lipinski definition) is 6. The molecule has 0 saturated carbocycles. The molecule has 3 aromatic rings. The van der Waals surface area contributed by atoms with Crippen LogP contribution in [-0.2, 0) is 6.54 Å². The predicted octanol–water partition coefficient (Wildman–Crippen LogP) is 3.36. The minimum Gasteiger partial charge on any atom is -0.508 e. The van der Waals surface area contributed by atoms with Crippen molar-refractivity contribution in [1.29, 1.82) is 0 Å². The standard InChI is InChI=1S/C23H24N2O4.ClH/c26-19-8-6-17-12-20(23(28)29-22(17)13-19)21(27)9-7-18-14-24-10-11-25(18)15-16-4-2-1-3-5-16;/h1-6,8,12-13,18,24,26H,7,9-11,14-15H2;1H. The van der Waals surface area contributed by atoms with Gasteiger partial charge in [-0.3, -0.25) is 9.69 Å². The number of Topliss-reactive ketones (excluding diaryl/α,β-unsaturated/α-hetero) is 1. The molecule has 1 fully saturated rings. The monoisotopic (exact) mass is 428 g/mol. The second-order valence-electron chi connectivity index (χ2n) is 7.45. The molecule has 1 aliphatic rings. The van der Waals surface area contributed by atoms with Gasteiger partial charge in [0.25, 0.3) is 0 Å². The van der Waals surface area contributed by atoms with Gasteiger partial charge in [-0.25, -0.2) is 4.79 Å². The first-order chi connectivity index (χ1) is 14.1. The minimum atomic E-state index is -0.656. The number of ketones is 1. The van der Waals surface area contributed by atoms with E-state index in [9.17, 15) is 14.7 Å². The van der Waals surface area contributed by atoms with Gasteiger partial charge in [-0.15, -0.1) is 12.4 Å². The molecule has 0 bridgehead atoms. The van der Waals surface area contributed by atoms with Crippen LogP contribution < -0.4 is 10.9 Å². The van der Waals surface area contributed by atoms with E-state index in [0.29, 0.717) is 11.8 Å². The summed E-state index contributed by atoms with van der Waals surface area (Å²) in [6.45, 7) is 3.53. The molecule has 1 aromatic heterocycles. The summed E-state index contributed by atoms with van der Waals surface area (Å²) in [4.78, 5) is 27.4. The summed E-state index contributed by atoms with van der Waals surface area (Å²) in [5.74, 6) is -0.193. The normalized spacial score (nSPS) is 16.9. The van der Waals surface area contributed by atoms with Crippen LogP contribution in [0.3, 0.4) is 0 Å². The van der Waals surface area contributed by atoms with Crippen molar-refractivity contribution in [3.05, 3.63) is 76.1 Å². The van der Waals surface area contributed by atoms with Gasteiger partial charge in [0.1, 0.15) is 16.9 Å². The molecule has 158 valence electrons. The van der Waals surface area contributed by atoms with Crippen molar-refractivity contribution in [3.63, 3.8) is 0 Å². The summed E-state index contributed by atoms with van der Waals surface area (Å²) in [6, 6.07) is 16.6. The van der Waals surface area contributed by atoms with Gasteiger partial charge in [-0.1, -0.05) is 30.3 Å². The Labute approximate surface area is 180 Å². The largest absolute Gasteiger partial charge is 0.508 e. The molecular weight excluding hydrogens is 404 g/mol. The lowest BCUT2D eigenvalue weighted by Gasteiger charge is -2.36. The molecule has 4 rings (SSSR count). The number of benzene rings is 2. The van der Waals surface area contributed by atoms with Crippen LogP contribution in [0.4, 0.5) is 0 Å². The number of rotatable bonds is 6. The fraction of sp³-hybridized carbons (Fsp3) is 0.304. The van der Waals surface area contributed by atoms with Gasteiger partial charge in [0, 0.05) is 50.1 Å². The van der Waals surface area contributed by atoms with E-state index < -0.39 is 5.63 Å². The summed E-state index contributed by atoms with van der Waals surface area (Å²) in [5.41, 5.74) is 0.943. The van der Waals surface area contributed by atoms with Crippen LogP contribution in [0.15, 0.2) is 63.8 Å². The van der Waals surface area contributed by atoms with Crippen molar-refractivity contribution in [2.75, 3.05) is 19.6 Å². The Bertz CT molecular complexity index is 1070. The fourth-order valence-corrected chi connectivity index (χ4v) is 3.84. The highest BCUT2D eigenvalue weighted by molar-refractivity contribution is 5.98. The maximum atomic E-state index is 12.7. The molecule has 1 aliphatic heterocycles. The molecule has 2 aromatic carbocycles. The van der Waals surface area contributed by atoms with Crippen LogP contribution in [0.25, 0.3) is 11.0 Å². The summed E-state index contributed by atoms with van der Waals surface area (Å²) in [5, 5.41) is 13.5. The summed E-state index contributed by atoms with van der Waals surface area (Å²) in [6.07, 6.45) is 0.956. The Balaban J connectivity index is 0.00000256. The van der Waals surface area contributed by atoms with Gasteiger partial charge in [-0.05, 0) is 30.2 Å². The van der Waals surface area contributed by atoms with E-state index in [-0.39, 0.29) is 47.5 Å². The molecule has 1 unspecified atom stereocenters. The molecule has 30 heavy (non-hydrogen) atoms. The first kappa shape index (κ1) is 22.0. The van der Waals surface area contributed by atoms with Crippen molar-refractivity contribution < 1.29 is 14.3 Å². The first-order valence-corrected chi connectivity index (χ1v) is 9.89. The zero-order valence-corrected chi connectivity index (χ0v) is 17.4. The van der Waals surface area contributed by atoms with Gasteiger partial charge in [0.05, 0.1) is 0 Å². The summed E-state index contributed by atoms with van der Waals surface area (Å²) >= 11 is 0. The molecule has 2 heterocycles. The van der Waals surface area contributed by atoms with E-state index in [1.165, 1.54) is 17.7 Å². The highest BCUT2D eigenvalue weighted by atomic mass is 35.5. The van der Waals surface area contributed by atoms with Crippen LogP contribution >= 0.6 is 12.4 Å². The number of carbonyl (C=O) groups is 1. The van der Waals surface area contributed by atoms with E-state index >= 15 is 0 Å². The lowest BCUT2D eigenvalue weighted by molar-refractivity contribution is 0.0938. The molecule has 6 nitrogen and oxygen atoms in total. The molecule has 1 atom stereocenters. The number of halogens is 1. The SMILES string of the molecule is Cl.O=C(CCC1CNCCN1Cc1ccccc1)c1cc2ccc(O)cc2oc1=O. The molecule has 2 N–H and O–H groups in total. The topological polar surface area (TPSA) is 82.8 Å². The lowest BCUT2D eigenvalue weighted by Crippen LogP contribution is -2.50. The highest BCUT2D eigenvalue weighted by Gasteiger charge is 2.24. The number of nitrogens with one attached hydrogen (secondary N) is 1. The summed E-state index contributed by atoms with van der Waals surface area (Å²) < 4.78 is 5.23. The third-order valence-electron chi connectivity index (χ3n) is 5.43.